The Hall–Kier alpha value is -1.29. The molecule has 0 aliphatic carbocycles. The highest BCUT2D eigenvalue weighted by Gasteiger charge is 2.01. The van der Waals surface area contributed by atoms with Crippen LogP contribution >= 0.6 is 15.9 Å². The number of nitrogens with zero attached hydrogens (tertiary/aromatic N) is 2. The molecule has 0 spiro atoms. The van der Waals surface area contributed by atoms with Crippen molar-refractivity contribution in [3.63, 3.8) is 0 Å². The Morgan fingerprint density at radius 1 is 1.40 bits per heavy atom. The standard InChI is InChI=1S/C11H12BrN3/c1-8-2-3-14-15(8)7-9-4-10(12)6-11(13)5-9/h2-6H,7,13H2,1H3. The first-order chi connectivity index (χ1) is 7.15. The lowest BCUT2D eigenvalue weighted by molar-refractivity contribution is 0.665. The number of anilines is 1. The van der Waals surface area contributed by atoms with E-state index < -0.39 is 0 Å². The minimum atomic E-state index is 0.752. The normalized spacial score (nSPS) is 10.5. The monoisotopic (exact) mass is 265 g/mol. The molecule has 0 bridgehead atoms. The summed E-state index contributed by atoms with van der Waals surface area (Å²) in [7, 11) is 0. The molecule has 0 aliphatic heterocycles. The van der Waals surface area contributed by atoms with Gasteiger partial charge in [-0.1, -0.05) is 15.9 Å². The second-order valence-corrected chi connectivity index (χ2v) is 4.44. The molecule has 3 nitrogen and oxygen atoms in total. The van der Waals surface area contributed by atoms with Gasteiger partial charge in [-0.05, 0) is 36.8 Å². The van der Waals surface area contributed by atoms with Gasteiger partial charge >= 0.3 is 0 Å². The molecule has 4 heteroatoms. The summed E-state index contributed by atoms with van der Waals surface area (Å²) in [5.41, 5.74) is 8.83. The van der Waals surface area contributed by atoms with E-state index in [1.807, 2.05) is 29.8 Å². The molecular weight excluding hydrogens is 254 g/mol. The topological polar surface area (TPSA) is 43.8 Å². The van der Waals surface area contributed by atoms with Crippen molar-refractivity contribution < 1.29 is 0 Å². The minimum Gasteiger partial charge on any atom is -0.399 e. The molecule has 15 heavy (non-hydrogen) atoms. The van der Waals surface area contributed by atoms with Crippen LogP contribution in [-0.2, 0) is 6.54 Å². The van der Waals surface area contributed by atoms with Gasteiger partial charge in [0.05, 0.1) is 6.54 Å². The summed E-state index contributed by atoms with van der Waals surface area (Å²) in [6, 6.07) is 7.89. The first-order valence-electron chi connectivity index (χ1n) is 4.68. The number of benzene rings is 1. The van der Waals surface area contributed by atoms with E-state index >= 15 is 0 Å². The van der Waals surface area contributed by atoms with Crippen LogP contribution in [-0.4, -0.2) is 9.78 Å². The van der Waals surface area contributed by atoms with Gasteiger partial charge in [0.25, 0.3) is 0 Å². The second kappa shape index (κ2) is 4.06. The smallest absolute Gasteiger partial charge is 0.0663 e. The van der Waals surface area contributed by atoms with E-state index in [0.29, 0.717) is 0 Å². The third-order valence-corrected chi connectivity index (χ3v) is 2.70. The van der Waals surface area contributed by atoms with Crippen molar-refractivity contribution in [3.8, 4) is 0 Å². The van der Waals surface area contributed by atoms with Gasteiger partial charge in [0, 0.05) is 22.1 Å². The summed E-state index contributed by atoms with van der Waals surface area (Å²) in [5, 5.41) is 4.23. The van der Waals surface area contributed by atoms with Crippen molar-refractivity contribution in [2.75, 3.05) is 5.73 Å². The molecule has 0 unspecified atom stereocenters. The van der Waals surface area contributed by atoms with Gasteiger partial charge in [-0.25, -0.2) is 0 Å². The summed E-state index contributed by atoms with van der Waals surface area (Å²) in [4.78, 5) is 0. The predicted molar refractivity (Wildman–Crippen MR) is 64.6 cm³/mol. The summed E-state index contributed by atoms with van der Waals surface area (Å²) < 4.78 is 2.95. The molecule has 78 valence electrons. The zero-order valence-corrected chi connectivity index (χ0v) is 10.0. The van der Waals surface area contributed by atoms with E-state index in [1.54, 1.807) is 6.20 Å². The highest BCUT2D eigenvalue weighted by molar-refractivity contribution is 9.10. The van der Waals surface area contributed by atoms with Gasteiger partial charge in [0.2, 0.25) is 0 Å². The fraction of sp³-hybridized carbons (Fsp3) is 0.182. The van der Waals surface area contributed by atoms with E-state index in [4.69, 9.17) is 5.73 Å². The zero-order chi connectivity index (χ0) is 10.8. The van der Waals surface area contributed by atoms with Crippen molar-refractivity contribution in [2.24, 2.45) is 0 Å². The van der Waals surface area contributed by atoms with Crippen LogP contribution in [0.1, 0.15) is 11.3 Å². The highest BCUT2D eigenvalue weighted by atomic mass is 79.9. The van der Waals surface area contributed by atoms with E-state index in [-0.39, 0.29) is 0 Å². The molecule has 0 saturated heterocycles. The van der Waals surface area contributed by atoms with E-state index in [2.05, 4.69) is 27.1 Å². The predicted octanol–water partition coefficient (Wildman–Crippen LogP) is 2.58. The maximum Gasteiger partial charge on any atom is 0.0663 e. The van der Waals surface area contributed by atoms with Crippen molar-refractivity contribution in [3.05, 3.63) is 46.2 Å². The third-order valence-electron chi connectivity index (χ3n) is 2.24. The number of hydrogen-bond donors (Lipinski definition) is 1. The molecule has 2 N–H and O–H groups in total. The van der Waals surface area contributed by atoms with Gasteiger partial charge in [0.1, 0.15) is 0 Å². The van der Waals surface area contributed by atoms with E-state index in [1.165, 1.54) is 0 Å². The summed E-state index contributed by atoms with van der Waals surface area (Å²) >= 11 is 3.43. The Morgan fingerprint density at radius 3 is 2.80 bits per heavy atom. The molecule has 1 aromatic heterocycles. The third kappa shape index (κ3) is 2.39. The fourth-order valence-electron chi connectivity index (χ4n) is 1.50. The van der Waals surface area contributed by atoms with Crippen LogP contribution in [0.25, 0.3) is 0 Å². The quantitative estimate of drug-likeness (QED) is 0.849. The molecule has 0 fully saturated rings. The molecule has 2 aromatic rings. The lowest BCUT2D eigenvalue weighted by Crippen LogP contribution is -2.03. The van der Waals surface area contributed by atoms with Crippen LogP contribution < -0.4 is 5.73 Å². The first kappa shape index (κ1) is 10.2. The van der Waals surface area contributed by atoms with E-state index in [9.17, 15) is 0 Å². The average Bonchev–Trinajstić information content (AvgIpc) is 2.50. The van der Waals surface area contributed by atoms with Gasteiger partial charge in [-0.3, -0.25) is 4.68 Å². The largest absolute Gasteiger partial charge is 0.399 e. The SMILES string of the molecule is Cc1ccnn1Cc1cc(N)cc(Br)c1. The molecule has 0 atom stereocenters. The van der Waals surface area contributed by atoms with Crippen LogP contribution in [0.15, 0.2) is 34.9 Å². The molecule has 1 heterocycles. The van der Waals surface area contributed by atoms with E-state index in [0.717, 1.165) is 28.0 Å². The molecule has 2 rings (SSSR count). The maximum absolute atomic E-state index is 5.77. The molecule has 0 radical (unpaired) electrons. The Kier molecular flexibility index (Phi) is 2.77. The van der Waals surface area contributed by atoms with Gasteiger partial charge in [-0.2, -0.15) is 5.10 Å². The van der Waals surface area contributed by atoms with Crippen molar-refractivity contribution in [2.45, 2.75) is 13.5 Å². The Bertz CT molecular complexity index is 456. The number of aryl methyl sites for hydroxylation is 1. The number of hydrogen-bond acceptors (Lipinski definition) is 2. The Morgan fingerprint density at radius 2 is 2.20 bits per heavy atom. The van der Waals surface area contributed by atoms with Crippen LogP contribution in [0.3, 0.4) is 0 Å². The minimum absolute atomic E-state index is 0.752. The summed E-state index contributed by atoms with van der Waals surface area (Å²) in [6.07, 6.45) is 1.80. The number of rotatable bonds is 2. The highest BCUT2D eigenvalue weighted by Crippen LogP contribution is 2.18. The molecular formula is C11H12BrN3. The summed E-state index contributed by atoms with van der Waals surface area (Å²) in [6.45, 7) is 2.79. The fourth-order valence-corrected chi connectivity index (χ4v) is 2.06. The van der Waals surface area contributed by atoms with Crippen molar-refractivity contribution in [1.29, 1.82) is 0 Å². The molecule has 0 saturated carbocycles. The molecule has 1 aromatic carbocycles. The second-order valence-electron chi connectivity index (χ2n) is 3.52. The van der Waals surface area contributed by atoms with Crippen LogP contribution in [0, 0.1) is 6.92 Å². The van der Waals surface area contributed by atoms with Gasteiger partial charge < -0.3 is 5.73 Å². The number of halogens is 1. The summed E-state index contributed by atoms with van der Waals surface area (Å²) in [5.74, 6) is 0. The Labute approximate surface area is 97.0 Å². The Balaban J connectivity index is 2.28. The lowest BCUT2D eigenvalue weighted by atomic mass is 10.2. The van der Waals surface area contributed by atoms with Crippen LogP contribution in [0.5, 0.6) is 0 Å². The number of aromatic nitrogens is 2. The van der Waals surface area contributed by atoms with Gasteiger partial charge in [-0.15, -0.1) is 0 Å². The molecule has 0 amide bonds. The van der Waals surface area contributed by atoms with Crippen molar-refractivity contribution in [1.82, 2.24) is 9.78 Å². The number of nitrogen functional groups attached to an aromatic ring is 1. The van der Waals surface area contributed by atoms with Crippen LogP contribution in [0.4, 0.5) is 5.69 Å². The number of nitrogens with two attached hydrogens (primary N) is 1. The molecule has 0 aliphatic rings. The lowest BCUT2D eigenvalue weighted by Gasteiger charge is -2.06. The average molecular weight is 266 g/mol. The van der Waals surface area contributed by atoms with Gasteiger partial charge in [0.15, 0.2) is 0 Å². The van der Waals surface area contributed by atoms with Crippen molar-refractivity contribution >= 4 is 21.6 Å². The van der Waals surface area contributed by atoms with Crippen LogP contribution in [0.2, 0.25) is 0 Å². The first-order valence-corrected chi connectivity index (χ1v) is 5.48. The zero-order valence-electron chi connectivity index (χ0n) is 8.44. The maximum atomic E-state index is 5.77.